The Bertz CT molecular complexity index is 942. The van der Waals surface area contributed by atoms with Crippen LogP contribution < -0.4 is 10.6 Å². The van der Waals surface area contributed by atoms with E-state index in [1.54, 1.807) is 0 Å². The van der Waals surface area contributed by atoms with Crippen molar-refractivity contribution in [2.45, 2.75) is 66.0 Å². The molecule has 3 rings (SSSR count). The SMILES string of the molecule is CCNC(=NCc1cccc(C(=O)N2CCCCC2)c1)NC(C)Cc1c(C)nn(C)c1C. The van der Waals surface area contributed by atoms with Crippen molar-refractivity contribution in [3.8, 4) is 0 Å². The Balaban J connectivity index is 1.64. The zero-order valence-electron chi connectivity index (χ0n) is 20.2. The standard InChI is InChI=1S/C25H38N6O/c1-6-26-25(28-18(2)15-23-19(3)29-30(5)20(23)4)27-17-21-11-10-12-22(16-21)24(32)31-13-8-7-9-14-31/h10-12,16,18H,6-9,13-15,17H2,1-5H3,(H2,26,27,28). The minimum Gasteiger partial charge on any atom is -0.357 e. The average Bonchev–Trinajstić information content (AvgIpc) is 3.03. The molecule has 2 heterocycles. The summed E-state index contributed by atoms with van der Waals surface area (Å²) in [7, 11) is 1.99. The summed E-state index contributed by atoms with van der Waals surface area (Å²) >= 11 is 0. The van der Waals surface area contributed by atoms with Crippen LogP contribution in [0.5, 0.6) is 0 Å². The Morgan fingerprint density at radius 1 is 1.22 bits per heavy atom. The maximum atomic E-state index is 12.8. The predicted molar refractivity (Wildman–Crippen MR) is 130 cm³/mol. The molecule has 1 fully saturated rings. The minimum atomic E-state index is 0.136. The second-order valence-electron chi connectivity index (χ2n) is 8.77. The highest BCUT2D eigenvalue weighted by molar-refractivity contribution is 5.94. The first-order chi connectivity index (χ1) is 15.4. The molecule has 0 spiro atoms. The van der Waals surface area contributed by atoms with Crippen molar-refractivity contribution in [3.63, 3.8) is 0 Å². The van der Waals surface area contributed by atoms with Crippen LogP contribution in [0.4, 0.5) is 0 Å². The molecule has 1 aliphatic rings. The highest BCUT2D eigenvalue weighted by Gasteiger charge is 2.18. The van der Waals surface area contributed by atoms with Crippen molar-refractivity contribution in [3.05, 3.63) is 52.3 Å². The van der Waals surface area contributed by atoms with Crippen molar-refractivity contribution in [2.75, 3.05) is 19.6 Å². The molecule has 1 saturated heterocycles. The van der Waals surface area contributed by atoms with E-state index in [0.717, 1.165) is 61.7 Å². The highest BCUT2D eigenvalue weighted by Crippen LogP contribution is 2.16. The number of likely N-dealkylation sites (tertiary alicyclic amines) is 1. The lowest BCUT2D eigenvalue weighted by molar-refractivity contribution is 0.0724. The van der Waals surface area contributed by atoms with Gasteiger partial charge in [0.25, 0.3) is 5.91 Å². The summed E-state index contributed by atoms with van der Waals surface area (Å²) < 4.78 is 1.94. The van der Waals surface area contributed by atoms with E-state index in [9.17, 15) is 4.79 Å². The van der Waals surface area contributed by atoms with Crippen molar-refractivity contribution < 1.29 is 4.79 Å². The van der Waals surface area contributed by atoms with Crippen LogP contribution in [0.25, 0.3) is 0 Å². The number of aromatic nitrogens is 2. The van der Waals surface area contributed by atoms with E-state index in [1.165, 1.54) is 17.7 Å². The smallest absolute Gasteiger partial charge is 0.253 e. The van der Waals surface area contributed by atoms with Crippen LogP contribution >= 0.6 is 0 Å². The average molecular weight is 439 g/mol. The summed E-state index contributed by atoms with van der Waals surface area (Å²) in [6, 6.07) is 8.09. The molecule has 1 unspecified atom stereocenters. The first-order valence-corrected chi connectivity index (χ1v) is 11.8. The van der Waals surface area contributed by atoms with E-state index in [4.69, 9.17) is 4.99 Å². The van der Waals surface area contributed by atoms with Gasteiger partial charge >= 0.3 is 0 Å². The summed E-state index contributed by atoms with van der Waals surface area (Å²) in [6.45, 7) is 11.4. The summed E-state index contributed by atoms with van der Waals surface area (Å²) in [4.78, 5) is 19.6. The molecule has 1 aliphatic heterocycles. The van der Waals surface area contributed by atoms with Gasteiger partial charge in [0.05, 0.1) is 12.2 Å². The molecule has 0 aliphatic carbocycles. The monoisotopic (exact) mass is 438 g/mol. The number of aliphatic imine (C=N–C) groups is 1. The number of nitrogens with zero attached hydrogens (tertiary/aromatic N) is 4. The Kier molecular flexibility index (Phi) is 8.31. The molecule has 0 bridgehead atoms. The van der Waals surface area contributed by atoms with Crippen molar-refractivity contribution in [1.82, 2.24) is 25.3 Å². The van der Waals surface area contributed by atoms with Crippen molar-refractivity contribution >= 4 is 11.9 Å². The van der Waals surface area contributed by atoms with Gasteiger partial charge < -0.3 is 15.5 Å². The van der Waals surface area contributed by atoms with Crippen molar-refractivity contribution in [1.29, 1.82) is 0 Å². The molecule has 1 aromatic carbocycles. The van der Waals surface area contributed by atoms with E-state index in [2.05, 4.69) is 43.4 Å². The molecule has 2 N–H and O–H groups in total. The molecule has 2 aromatic rings. The third-order valence-corrected chi connectivity index (χ3v) is 6.13. The van der Waals surface area contributed by atoms with E-state index in [0.29, 0.717) is 6.54 Å². The summed E-state index contributed by atoms with van der Waals surface area (Å²) in [5.74, 6) is 0.920. The fourth-order valence-corrected chi connectivity index (χ4v) is 4.28. The number of amides is 1. The summed E-state index contributed by atoms with van der Waals surface area (Å²) in [5, 5.41) is 11.4. The molecule has 1 amide bonds. The van der Waals surface area contributed by atoms with Gasteiger partial charge in [-0.2, -0.15) is 5.10 Å². The molecule has 7 nitrogen and oxygen atoms in total. The first-order valence-electron chi connectivity index (χ1n) is 11.8. The third-order valence-electron chi connectivity index (χ3n) is 6.13. The van der Waals surface area contributed by atoms with Crippen LogP contribution in [0.2, 0.25) is 0 Å². The van der Waals surface area contributed by atoms with Gasteiger partial charge in [0, 0.05) is 44.0 Å². The molecular weight excluding hydrogens is 400 g/mol. The van der Waals surface area contributed by atoms with E-state index < -0.39 is 0 Å². The number of hydrogen-bond acceptors (Lipinski definition) is 3. The number of guanidine groups is 1. The van der Waals surface area contributed by atoms with Crippen LogP contribution in [-0.2, 0) is 20.0 Å². The van der Waals surface area contributed by atoms with Crippen LogP contribution in [0.3, 0.4) is 0 Å². The maximum Gasteiger partial charge on any atom is 0.253 e. The van der Waals surface area contributed by atoms with E-state index in [1.807, 2.05) is 40.9 Å². The number of rotatable bonds is 7. The second kappa shape index (κ2) is 11.2. The third kappa shape index (κ3) is 6.11. The number of carbonyl (C=O) groups is 1. The zero-order chi connectivity index (χ0) is 23.1. The van der Waals surface area contributed by atoms with Gasteiger partial charge in [-0.3, -0.25) is 9.48 Å². The zero-order valence-corrected chi connectivity index (χ0v) is 20.2. The number of nitrogens with one attached hydrogen (secondary N) is 2. The Labute approximate surface area is 192 Å². The summed E-state index contributed by atoms with van der Waals surface area (Å²) in [5.41, 5.74) is 5.36. The minimum absolute atomic E-state index is 0.136. The quantitative estimate of drug-likeness (QED) is 0.514. The molecule has 174 valence electrons. The number of hydrogen-bond donors (Lipinski definition) is 2. The fraction of sp³-hybridized carbons (Fsp3) is 0.560. The van der Waals surface area contributed by atoms with Gasteiger partial charge in [-0.1, -0.05) is 12.1 Å². The van der Waals surface area contributed by atoms with Gasteiger partial charge in [0.1, 0.15) is 0 Å². The molecule has 1 atom stereocenters. The molecule has 0 saturated carbocycles. The van der Waals surface area contributed by atoms with Crippen LogP contribution in [0.15, 0.2) is 29.3 Å². The van der Waals surface area contributed by atoms with Gasteiger partial charge in [0.2, 0.25) is 0 Å². The second-order valence-corrected chi connectivity index (χ2v) is 8.77. The van der Waals surface area contributed by atoms with Gasteiger partial charge in [-0.15, -0.1) is 0 Å². The van der Waals surface area contributed by atoms with Gasteiger partial charge in [0.15, 0.2) is 5.96 Å². The lowest BCUT2D eigenvalue weighted by Crippen LogP contribution is -2.43. The van der Waals surface area contributed by atoms with Gasteiger partial charge in [-0.05, 0) is 76.6 Å². The fourth-order valence-electron chi connectivity index (χ4n) is 4.28. The number of carbonyl (C=O) groups excluding carboxylic acids is 1. The van der Waals surface area contributed by atoms with Crippen LogP contribution in [0, 0.1) is 13.8 Å². The lowest BCUT2D eigenvalue weighted by Gasteiger charge is -2.26. The van der Waals surface area contributed by atoms with Crippen LogP contribution in [-0.4, -0.2) is 52.2 Å². The first kappa shape index (κ1) is 23.8. The number of aryl methyl sites for hydroxylation is 2. The number of piperidine rings is 1. The Morgan fingerprint density at radius 3 is 2.62 bits per heavy atom. The number of benzene rings is 1. The molecule has 1 aromatic heterocycles. The Morgan fingerprint density at radius 2 is 1.97 bits per heavy atom. The Hall–Kier alpha value is -2.83. The molecule has 32 heavy (non-hydrogen) atoms. The molecular formula is C25H38N6O. The predicted octanol–water partition coefficient (Wildman–Crippen LogP) is 3.35. The van der Waals surface area contributed by atoms with E-state index in [-0.39, 0.29) is 11.9 Å². The normalized spacial score (nSPS) is 15.5. The van der Waals surface area contributed by atoms with Crippen molar-refractivity contribution in [2.24, 2.45) is 12.0 Å². The topological polar surface area (TPSA) is 74.6 Å². The van der Waals surface area contributed by atoms with Crippen LogP contribution in [0.1, 0.15) is 66.0 Å². The summed E-state index contributed by atoms with van der Waals surface area (Å²) in [6.07, 6.45) is 4.31. The maximum absolute atomic E-state index is 12.8. The highest BCUT2D eigenvalue weighted by atomic mass is 16.2. The lowest BCUT2D eigenvalue weighted by atomic mass is 10.1. The van der Waals surface area contributed by atoms with Gasteiger partial charge in [-0.25, -0.2) is 4.99 Å². The van der Waals surface area contributed by atoms with E-state index >= 15 is 0 Å². The molecule has 0 radical (unpaired) electrons. The largest absolute Gasteiger partial charge is 0.357 e. The molecule has 7 heteroatoms.